The van der Waals surface area contributed by atoms with Crippen LogP contribution in [0.25, 0.3) is 0 Å². The van der Waals surface area contributed by atoms with Gasteiger partial charge in [-0.25, -0.2) is 0 Å². The zero-order valence-corrected chi connectivity index (χ0v) is 7.28. The summed E-state index contributed by atoms with van der Waals surface area (Å²) >= 11 is 0. The van der Waals surface area contributed by atoms with E-state index in [9.17, 15) is 0 Å². The van der Waals surface area contributed by atoms with Crippen LogP contribution in [-0.4, -0.2) is 13.1 Å². The average Bonchev–Trinajstić information content (AvgIpc) is 2.12. The predicted molar refractivity (Wildman–Crippen MR) is 44.7 cm³/mol. The Balaban J connectivity index is 2.24. The minimum Gasteiger partial charge on any atom is -0.316 e. The Morgan fingerprint density at radius 2 is 2.10 bits per heavy atom. The summed E-state index contributed by atoms with van der Waals surface area (Å²) in [5.41, 5.74) is 0.399. The molecule has 1 saturated heterocycles. The van der Waals surface area contributed by atoms with E-state index in [4.69, 9.17) is 0 Å². The molecule has 0 aliphatic carbocycles. The van der Waals surface area contributed by atoms with Crippen LogP contribution in [0.1, 0.15) is 27.2 Å². The van der Waals surface area contributed by atoms with E-state index < -0.39 is 0 Å². The summed E-state index contributed by atoms with van der Waals surface area (Å²) < 4.78 is 0. The number of hydrogen-bond donors (Lipinski definition) is 1. The van der Waals surface area contributed by atoms with Crippen LogP contribution >= 0.6 is 0 Å². The molecule has 1 fully saturated rings. The van der Waals surface area contributed by atoms with Crippen LogP contribution in [0.15, 0.2) is 0 Å². The summed E-state index contributed by atoms with van der Waals surface area (Å²) in [5.74, 6) is 0.819. The van der Waals surface area contributed by atoms with Crippen molar-refractivity contribution in [2.75, 3.05) is 13.1 Å². The second-order valence-electron chi connectivity index (χ2n) is 4.29. The van der Waals surface area contributed by atoms with Gasteiger partial charge in [0, 0.05) is 0 Å². The zero-order valence-electron chi connectivity index (χ0n) is 7.28. The molecule has 1 nitrogen and oxygen atoms in total. The van der Waals surface area contributed by atoms with Gasteiger partial charge in [0.1, 0.15) is 0 Å². The van der Waals surface area contributed by atoms with Gasteiger partial charge >= 0.3 is 0 Å². The highest BCUT2D eigenvalue weighted by molar-refractivity contribution is 4.91. The van der Waals surface area contributed by atoms with Crippen LogP contribution in [0.3, 0.4) is 0 Å². The molecule has 1 heterocycles. The molecule has 0 aromatic heterocycles. The van der Waals surface area contributed by atoms with Gasteiger partial charge in [-0.2, -0.15) is 0 Å². The van der Waals surface area contributed by atoms with Gasteiger partial charge in [-0.15, -0.1) is 0 Å². The minimum absolute atomic E-state index is 0.399. The number of hydrogen-bond acceptors (Lipinski definition) is 1. The molecule has 1 heteroatoms. The standard InChI is InChI=1S/C9H18N/c1-9(2,3)6-8-4-5-10-7-8/h6,8,10H,4-5,7H2,1-3H3. The highest BCUT2D eigenvalue weighted by Crippen LogP contribution is 2.25. The lowest BCUT2D eigenvalue weighted by Gasteiger charge is -2.21. The number of rotatable bonds is 1. The van der Waals surface area contributed by atoms with Crippen LogP contribution in [0.2, 0.25) is 0 Å². The van der Waals surface area contributed by atoms with Gasteiger partial charge in [0.25, 0.3) is 0 Å². The lowest BCUT2D eigenvalue weighted by atomic mass is 9.84. The quantitative estimate of drug-likeness (QED) is 0.586. The van der Waals surface area contributed by atoms with Crippen LogP contribution in [0.5, 0.6) is 0 Å². The normalized spacial score (nSPS) is 27.3. The monoisotopic (exact) mass is 140 g/mol. The topological polar surface area (TPSA) is 12.0 Å². The first-order valence-corrected chi connectivity index (χ1v) is 4.15. The maximum atomic E-state index is 3.36. The van der Waals surface area contributed by atoms with Gasteiger partial charge in [-0.3, -0.25) is 0 Å². The molecule has 0 amide bonds. The van der Waals surface area contributed by atoms with E-state index >= 15 is 0 Å². The molecule has 0 saturated carbocycles. The fraction of sp³-hybridized carbons (Fsp3) is 0.889. The summed E-state index contributed by atoms with van der Waals surface area (Å²) in [7, 11) is 0. The van der Waals surface area contributed by atoms with E-state index in [1.165, 1.54) is 19.5 Å². The summed E-state index contributed by atoms with van der Waals surface area (Å²) in [5, 5.41) is 3.36. The zero-order chi connectivity index (χ0) is 7.61. The molecule has 1 N–H and O–H groups in total. The Labute approximate surface area is 64.2 Å². The molecule has 0 spiro atoms. The van der Waals surface area contributed by atoms with Crippen molar-refractivity contribution < 1.29 is 0 Å². The van der Waals surface area contributed by atoms with Crippen LogP contribution in [-0.2, 0) is 0 Å². The van der Waals surface area contributed by atoms with Crippen molar-refractivity contribution >= 4 is 0 Å². The molecule has 0 aromatic carbocycles. The van der Waals surface area contributed by atoms with Crippen LogP contribution < -0.4 is 5.32 Å². The van der Waals surface area contributed by atoms with Gasteiger partial charge in [0.05, 0.1) is 0 Å². The average molecular weight is 140 g/mol. The SMILES string of the molecule is CC(C)(C)[CH]C1CCNC1. The Morgan fingerprint density at radius 1 is 1.40 bits per heavy atom. The van der Waals surface area contributed by atoms with Crippen molar-refractivity contribution in [3.63, 3.8) is 0 Å². The van der Waals surface area contributed by atoms with E-state index in [0.717, 1.165) is 5.92 Å². The van der Waals surface area contributed by atoms with Crippen molar-refractivity contribution in [3.05, 3.63) is 6.42 Å². The predicted octanol–water partition coefficient (Wildman–Crippen LogP) is 1.85. The summed E-state index contributed by atoms with van der Waals surface area (Å²) in [6.07, 6.45) is 3.80. The van der Waals surface area contributed by atoms with Gasteiger partial charge < -0.3 is 5.32 Å². The molecule has 1 atom stereocenters. The van der Waals surface area contributed by atoms with Crippen molar-refractivity contribution in [1.29, 1.82) is 0 Å². The van der Waals surface area contributed by atoms with Gasteiger partial charge in [-0.1, -0.05) is 20.8 Å². The first kappa shape index (κ1) is 8.06. The molecule has 1 rings (SSSR count). The maximum absolute atomic E-state index is 3.36. The van der Waals surface area contributed by atoms with Crippen LogP contribution in [0, 0.1) is 17.8 Å². The maximum Gasteiger partial charge on any atom is -0.00171 e. The Bertz CT molecular complexity index is 95.8. The van der Waals surface area contributed by atoms with E-state index in [0.29, 0.717) is 5.41 Å². The molecule has 59 valence electrons. The first-order valence-electron chi connectivity index (χ1n) is 4.15. The lowest BCUT2D eigenvalue weighted by Crippen LogP contribution is -2.16. The largest absolute Gasteiger partial charge is 0.316 e. The number of nitrogens with one attached hydrogen (secondary N) is 1. The molecule has 1 aliphatic rings. The second-order valence-corrected chi connectivity index (χ2v) is 4.29. The molecular formula is C9H18N. The van der Waals surface area contributed by atoms with Crippen molar-refractivity contribution in [2.45, 2.75) is 27.2 Å². The lowest BCUT2D eigenvalue weighted by molar-refractivity contribution is 0.424. The summed E-state index contributed by atoms with van der Waals surface area (Å²) in [6, 6.07) is 0. The highest BCUT2D eigenvalue weighted by atomic mass is 14.9. The van der Waals surface area contributed by atoms with Gasteiger partial charge in [0.2, 0.25) is 0 Å². The molecule has 1 unspecified atom stereocenters. The van der Waals surface area contributed by atoms with Gasteiger partial charge in [0.15, 0.2) is 0 Å². The third-order valence-corrected chi connectivity index (χ3v) is 1.83. The molecule has 1 aliphatic heterocycles. The second kappa shape index (κ2) is 2.91. The Morgan fingerprint density at radius 3 is 2.50 bits per heavy atom. The molecule has 0 aromatic rings. The van der Waals surface area contributed by atoms with E-state index in [2.05, 4.69) is 32.5 Å². The van der Waals surface area contributed by atoms with Gasteiger partial charge in [-0.05, 0) is 37.3 Å². The van der Waals surface area contributed by atoms with E-state index in [-0.39, 0.29) is 0 Å². The highest BCUT2D eigenvalue weighted by Gasteiger charge is 2.21. The third kappa shape index (κ3) is 2.70. The molecule has 1 radical (unpaired) electrons. The molecule has 0 bridgehead atoms. The summed E-state index contributed by atoms with van der Waals surface area (Å²) in [6.45, 7) is 9.20. The smallest absolute Gasteiger partial charge is 0.00171 e. The van der Waals surface area contributed by atoms with E-state index in [1.807, 2.05) is 0 Å². The van der Waals surface area contributed by atoms with Crippen molar-refractivity contribution in [2.24, 2.45) is 11.3 Å². The van der Waals surface area contributed by atoms with Crippen LogP contribution in [0.4, 0.5) is 0 Å². The summed E-state index contributed by atoms with van der Waals surface area (Å²) in [4.78, 5) is 0. The minimum atomic E-state index is 0.399. The Kier molecular flexibility index (Phi) is 2.35. The van der Waals surface area contributed by atoms with E-state index in [1.54, 1.807) is 0 Å². The van der Waals surface area contributed by atoms with Crippen molar-refractivity contribution in [1.82, 2.24) is 5.32 Å². The fourth-order valence-electron chi connectivity index (χ4n) is 1.53. The molecule has 10 heavy (non-hydrogen) atoms. The van der Waals surface area contributed by atoms with Crippen molar-refractivity contribution in [3.8, 4) is 0 Å². The first-order chi connectivity index (χ1) is 4.58. The molecular weight excluding hydrogens is 122 g/mol. The Hall–Kier alpha value is -0.0400. The fourth-order valence-corrected chi connectivity index (χ4v) is 1.53. The third-order valence-electron chi connectivity index (χ3n) is 1.83.